The van der Waals surface area contributed by atoms with E-state index in [1.54, 1.807) is 6.92 Å². The highest BCUT2D eigenvalue weighted by Gasteiger charge is 2.46. The molecular weight excluding hydrogens is 387 g/mol. The maximum absolute atomic E-state index is 12.0. The summed E-state index contributed by atoms with van der Waals surface area (Å²) < 4.78 is 5.97. The lowest BCUT2D eigenvalue weighted by atomic mass is 9.84. The van der Waals surface area contributed by atoms with E-state index < -0.39 is 0 Å². The average Bonchev–Trinajstić information content (AvgIpc) is 2.53. The average molecular weight is 410 g/mol. The van der Waals surface area contributed by atoms with Crippen molar-refractivity contribution in [2.45, 2.75) is 32.7 Å². The molecule has 0 bridgehead atoms. The van der Waals surface area contributed by atoms with Crippen molar-refractivity contribution in [3.8, 4) is 0 Å². The van der Waals surface area contributed by atoms with Crippen molar-refractivity contribution in [2.75, 3.05) is 27.2 Å². The Morgan fingerprint density at radius 3 is 2.60 bits per heavy atom. The Kier molecular flexibility index (Phi) is 5.25. The zero-order chi connectivity index (χ0) is 14.4. The molecule has 0 radical (unpaired) electrons. The van der Waals surface area contributed by atoms with Crippen LogP contribution in [0.5, 0.6) is 0 Å². The third-order valence-corrected chi connectivity index (χ3v) is 5.39. The fraction of sp³-hybridized carbons (Fsp3) is 0.643. The van der Waals surface area contributed by atoms with Crippen LogP contribution in [0.2, 0.25) is 0 Å². The van der Waals surface area contributed by atoms with Gasteiger partial charge in [0.2, 0.25) is 0 Å². The van der Waals surface area contributed by atoms with Crippen LogP contribution in [0.4, 0.5) is 0 Å². The van der Waals surface area contributed by atoms with Gasteiger partial charge in [-0.1, -0.05) is 18.7 Å². The molecule has 0 unspecified atom stereocenters. The first-order valence-electron chi connectivity index (χ1n) is 6.56. The van der Waals surface area contributed by atoms with Crippen LogP contribution in [0, 0.1) is 5.41 Å². The van der Waals surface area contributed by atoms with E-state index in [9.17, 15) is 5.11 Å². The van der Waals surface area contributed by atoms with Crippen LogP contribution in [-0.2, 0) is 4.74 Å². The molecule has 0 aromatic heterocycles. The quantitative estimate of drug-likeness (QED) is 0.432. The number of nitrogens with one attached hydrogen (secondary N) is 1. The summed E-state index contributed by atoms with van der Waals surface area (Å²) in [6.07, 6.45) is 0.818. The molecule has 0 fully saturated rings. The number of rotatable bonds is 2. The van der Waals surface area contributed by atoms with Gasteiger partial charge in [0.15, 0.2) is 0 Å². The highest BCUT2D eigenvalue weighted by atomic mass is 127. The van der Waals surface area contributed by atoms with Gasteiger partial charge in [0.1, 0.15) is 11.6 Å². The summed E-state index contributed by atoms with van der Waals surface area (Å²) in [5.74, 6) is -0.340. The number of hydrogen-bond donors (Lipinski definition) is 1. The topological polar surface area (TPSA) is 56.1 Å². The number of hydrogen-bond acceptors (Lipinski definition) is 4. The number of likely N-dealkylation sites (N-methyl/N-ethyl adjacent to an activating group) is 1. The first kappa shape index (κ1) is 17.8. The fourth-order valence-corrected chi connectivity index (χ4v) is 3.71. The molecular formula is C14H23IN2O2S. The number of ether oxygens (including phenoxy) is 1. The maximum atomic E-state index is 12.0. The van der Waals surface area contributed by atoms with Crippen molar-refractivity contribution in [3.63, 3.8) is 0 Å². The fourth-order valence-electron chi connectivity index (χ4n) is 2.47. The van der Waals surface area contributed by atoms with Gasteiger partial charge in [0.05, 0.1) is 25.6 Å². The zero-order valence-corrected chi connectivity index (χ0v) is 15.8. The summed E-state index contributed by atoms with van der Waals surface area (Å²) in [4.78, 5) is 1.16. The minimum Gasteiger partial charge on any atom is -0.613 e. The largest absolute Gasteiger partial charge is 0.613 e. The molecule has 0 spiro atoms. The summed E-state index contributed by atoms with van der Waals surface area (Å²) in [6.45, 7) is 7.45. The highest BCUT2D eigenvalue weighted by molar-refractivity contribution is 14.0. The molecule has 0 aliphatic carbocycles. The van der Waals surface area contributed by atoms with Gasteiger partial charge < -0.3 is 14.3 Å². The van der Waals surface area contributed by atoms with Crippen LogP contribution in [0.25, 0.3) is 0 Å². The maximum Gasteiger partial charge on any atom is 0.111 e. The molecule has 20 heavy (non-hydrogen) atoms. The standard InChI is InChI=1S/C14H22N2O2S.HI/c1-6-18-13(17)11-9-7-14(2,3)16(4,5)8-10(9)19-12(11)15;/h6-8H2,1-5H3,(H-,15,17);1H. The molecule has 2 aliphatic rings. The molecule has 1 N–H and O–H groups in total. The number of halogens is 1. The third kappa shape index (κ3) is 2.87. The second-order valence-corrected chi connectivity index (χ2v) is 7.37. The molecule has 0 saturated carbocycles. The van der Waals surface area contributed by atoms with Crippen LogP contribution >= 0.6 is 35.7 Å². The van der Waals surface area contributed by atoms with Crippen molar-refractivity contribution in [1.29, 1.82) is 5.41 Å². The molecule has 2 heterocycles. The lowest BCUT2D eigenvalue weighted by molar-refractivity contribution is -0.934. The van der Waals surface area contributed by atoms with E-state index in [0.29, 0.717) is 17.2 Å². The summed E-state index contributed by atoms with van der Waals surface area (Å²) in [5.41, 5.74) is 1.59. The number of thioether (sulfide) groups is 1. The van der Waals surface area contributed by atoms with Gasteiger partial charge in [-0.05, 0) is 26.0 Å². The molecule has 0 saturated heterocycles. The van der Waals surface area contributed by atoms with Gasteiger partial charge in [-0.2, -0.15) is 0 Å². The SMILES string of the molecule is CCO/C([O-])=C1\C(=N)SC2=C1CC(C)(C)[N+](C)(C)C2.I. The second-order valence-electron chi connectivity index (χ2n) is 6.26. The van der Waals surface area contributed by atoms with E-state index >= 15 is 0 Å². The van der Waals surface area contributed by atoms with Crippen molar-refractivity contribution in [1.82, 2.24) is 0 Å². The second kappa shape index (κ2) is 5.88. The molecule has 0 aromatic carbocycles. The smallest absolute Gasteiger partial charge is 0.111 e. The molecule has 0 amide bonds. The Morgan fingerprint density at radius 2 is 2.05 bits per heavy atom. The van der Waals surface area contributed by atoms with Crippen LogP contribution in [0.1, 0.15) is 27.2 Å². The lowest BCUT2D eigenvalue weighted by Gasteiger charge is -2.48. The van der Waals surface area contributed by atoms with Crippen molar-refractivity contribution in [2.24, 2.45) is 0 Å². The van der Waals surface area contributed by atoms with E-state index in [0.717, 1.165) is 27.9 Å². The summed E-state index contributed by atoms with van der Waals surface area (Å²) in [5, 5.41) is 20.4. The summed E-state index contributed by atoms with van der Waals surface area (Å²) in [7, 11) is 4.41. The Balaban J connectivity index is 0.00000200. The Morgan fingerprint density at radius 1 is 1.45 bits per heavy atom. The van der Waals surface area contributed by atoms with Crippen molar-refractivity contribution in [3.05, 3.63) is 22.0 Å². The Hall–Kier alpha value is -0.210. The van der Waals surface area contributed by atoms with Crippen LogP contribution in [-0.4, -0.2) is 42.3 Å². The van der Waals surface area contributed by atoms with Crippen LogP contribution in [0.15, 0.2) is 22.0 Å². The van der Waals surface area contributed by atoms with Gasteiger partial charge in [0, 0.05) is 16.9 Å². The normalized spacial score (nSPS) is 25.9. The monoisotopic (exact) mass is 410 g/mol. The third-order valence-electron chi connectivity index (χ3n) is 4.36. The van der Waals surface area contributed by atoms with E-state index in [-0.39, 0.29) is 35.5 Å². The molecule has 2 rings (SSSR count). The Bertz CT molecular complexity index is 495. The van der Waals surface area contributed by atoms with Gasteiger partial charge in [-0.3, -0.25) is 5.41 Å². The van der Waals surface area contributed by atoms with E-state index in [1.807, 2.05) is 0 Å². The van der Waals surface area contributed by atoms with Gasteiger partial charge in [-0.25, -0.2) is 0 Å². The molecule has 4 nitrogen and oxygen atoms in total. The minimum atomic E-state index is -0.340. The molecule has 0 atom stereocenters. The highest BCUT2D eigenvalue weighted by Crippen LogP contribution is 2.48. The molecule has 2 aliphatic heterocycles. The molecule has 0 aromatic rings. The van der Waals surface area contributed by atoms with Crippen LogP contribution in [0.3, 0.4) is 0 Å². The lowest BCUT2D eigenvalue weighted by Crippen LogP contribution is -2.58. The summed E-state index contributed by atoms with van der Waals surface area (Å²) in [6, 6.07) is 0. The predicted octanol–water partition coefficient (Wildman–Crippen LogP) is 2.45. The van der Waals surface area contributed by atoms with E-state index in [1.165, 1.54) is 11.8 Å². The molecule has 114 valence electrons. The van der Waals surface area contributed by atoms with Crippen molar-refractivity contribution >= 4 is 40.8 Å². The number of nitrogens with zero attached hydrogens (tertiary/aromatic N) is 1. The van der Waals surface area contributed by atoms with Crippen molar-refractivity contribution < 1.29 is 14.3 Å². The first-order valence-corrected chi connectivity index (χ1v) is 7.37. The predicted molar refractivity (Wildman–Crippen MR) is 92.1 cm³/mol. The zero-order valence-electron chi connectivity index (χ0n) is 12.7. The number of quaternary nitrogens is 1. The van der Waals surface area contributed by atoms with Gasteiger partial charge in [0.25, 0.3) is 0 Å². The van der Waals surface area contributed by atoms with E-state index in [2.05, 4.69) is 27.9 Å². The van der Waals surface area contributed by atoms with Gasteiger partial charge >= 0.3 is 0 Å². The Labute approximate surface area is 142 Å². The minimum absolute atomic E-state index is 0. The van der Waals surface area contributed by atoms with Crippen LogP contribution < -0.4 is 5.11 Å². The summed E-state index contributed by atoms with van der Waals surface area (Å²) >= 11 is 1.42. The van der Waals surface area contributed by atoms with E-state index in [4.69, 9.17) is 10.1 Å². The van der Waals surface area contributed by atoms with Gasteiger partial charge in [-0.15, -0.1) is 24.0 Å². The molecule has 6 heteroatoms. The first-order chi connectivity index (χ1) is 8.69.